The number of anilines is 6. The van der Waals surface area contributed by atoms with Crippen LogP contribution in [0.5, 0.6) is 0 Å². The van der Waals surface area contributed by atoms with E-state index in [1.807, 2.05) is 0 Å². The molecule has 0 aliphatic rings. The molecule has 0 radical (unpaired) electrons. The van der Waals surface area contributed by atoms with Crippen LogP contribution in [-0.2, 0) is 0 Å². The van der Waals surface area contributed by atoms with Gasteiger partial charge in [-0.25, -0.2) is 19.9 Å². The maximum atomic E-state index is 5.55. The number of para-hydroxylation sites is 5. The summed E-state index contributed by atoms with van der Waals surface area (Å²) >= 11 is 0. The monoisotopic (exact) mass is 1380 g/mol. The minimum Gasteiger partial charge on any atom is -0.310 e. The van der Waals surface area contributed by atoms with Crippen molar-refractivity contribution in [1.82, 2.24) is 29.1 Å². The second-order valence-electron chi connectivity index (χ2n) is 28.2. The first-order valence-electron chi connectivity index (χ1n) is 36.7. The highest BCUT2D eigenvalue weighted by Crippen LogP contribution is 2.45. The molecule has 0 atom stereocenters. The van der Waals surface area contributed by atoms with Crippen LogP contribution in [0.4, 0.5) is 34.1 Å². The van der Waals surface area contributed by atoms with Crippen LogP contribution in [0.15, 0.2) is 334 Å². The van der Waals surface area contributed by atoms with E-state index in [0.717, 1.165) is 168 Å². The van der Waals surface area contributed by atoms with Crippen LogP contribution < -0.4 is 9.80 Å². The lowest BCUT2D eigenvalue weighted by Crippen LogP contribution is -2.09. The molecule has 0 amide bonds. The normalized spacial score (nSPS) is 11.5. The predicted molar refractivity (Wildman–Crippen MR) is 447 cm³/mol. The second kappa shape index (κ2) is 27.2. The molecule has 0 saturated carbocycles. The van der Waals surface area contributed by atoms with E-state index in [1.165, 1.54) is 27.3 Å². The number of nitrogens with zero attached hydrogens (tertiary/aromatic N) is 8. The van der Waals surface area contributed by atoms with E-state index in [2.05, 4.69) is 401 Å². The zero-order valence-corrected chi connectivity index (χ0v) is 60.8. The number of fused-ring (bicyclic) bond motifs is 6. The average molecular weight is 1380 g/mol. The van der Waals surface area contributed by atoms with Crippen LogP contribution in [0.2, 0.25) is 0 Å². The third kappa shape index (κ3) is 12.1. The van der Waals surface area contributed by atoms with E-state index in [-0.39, 0.29) is 0 Å². The summed E-state index contributed by atoms with van der Waals surface area (Å²) in [7, 11) is 0. The number of aromatic nitrogens is 6. The Kier molecular flexibility index (Phi) is 16.7. The molecule has 18 rings (SSSR count). The van der Waals surface area contributed by atoms with Gasteiger partial charge >= 0.3 is 0 Å². The average Bonchev–Trinajstić information content (AvgIpc) is 1.65. The molecule has 8 nitrogen and oxygen atoms in total. The van der Waals surface area contributed by atoms with E-state index in [9.17, 15) is 0 Å². The lowest BCUT2D eigenvalue weighted by Gasteiger charge is -2.26. The van der Waals surface area contributed by atoms with Gasteiger partial charge in [0.15, 0.2) is 11.6 Å². The van der Waals surface area contributed by atoms with Crippen molar-refractivity contribution in [3.8, 4) is 90.3 Å². The van der Waals surface area contributed by atoms with Crippen LogP contribution in [0.1, 0.15) is 38.9 Å². The lowest BCUT2D eigenvalue weighted by molar-refractivity contribution is 1.14. The fraction of sp³-hybridized carbons (Fsp3) is 0.0707. The third-order valence-electron chi connectivity index (χ3n) is 21.2. The molecule has 0 bridgehead atoms. The van der Waals surface area contributed by atoms with Gasteiger partial charge in [0.1, 0.15) is 0 Å². The van der Waals surface area contributed by atoms with Gasteiger partial charge in [0.2, 0.25) is 0 Å². The molecule has 0 spiro atoms. The molecule has 512 valence electrons. The molecule has 0 saturated heterocycles. The maximum absolute atomic E-state index is 5.55. The molecule has 107 heavy (non-hydrogen) atoms. The number of benzene rings is 14. The molecule has 0 N–H and O–H groups in total. The topological polar surface area (TPSA) is 67.9 Å². The van der Waals surface area contributed by atoms with Gasteiger partial charge in [0.25, 0.3) is 0 Å². The summed E-state index contributed by atoms with van der Waals surface area (Å²) in [5, 5.41) is 4.72. The highest BCUT2D eigenvalue weighted by Gasteiger charge is 2.24. The molecule has 4 aromatic heterocycles. The first-order valence-corrected chi connectivity index (χ1v) is 36.7. The zero-order valence-electron chi connectivity index (χ0n) is 60.8. The third-order valence-corrected chi connectivity index (χ3v) is 21.2. The summed E-state index contributed by atoms with van der Waals surface area (Å²) in [5.74, 6) is 1.38. The van der Waals surface area contributed by atoms with E-state index >= 15 is 0 Å². The van der Waals surface area contributed by atoms with Gasteiger partial charge in [-0.1, -0.05) is 200 Å². The first-order chi connectivity index (χ1) is 52.4. The van der Waals surface area contributed by atoms with Crippen LogP contribution in [0.25, 0.3) is 134 Å². The fourth-order valence-corrected chi connectivity index (χ4v) is 15.9. The molecule has 0 fully saturated rings. The van der Waals surface area contributed by atoms with Crippen molar-refractivity contribution in [2.45, 2.75) is 48.5 Å². The predicted octanol–water partition coefficient (Wildman–Crippen LogP) is 26.2. The van der Waals surface area contributed by atoms with Gasteiger partial charge in [-0.15, -0.1) is 0 Å². The van der Waals surface area contributed by atoms with E-state index < -0.39 is 0 Å². The van der Waals surface area contributed by atoms with Gasteiger partial charge in [-0.3, -0.25) is 0 Å². The lowest BCUT2D eigenvalue weighted by atomic mass is 9.96. The molecule has 4 heterocycles. The Balaban J connectivity index is 0.683. The summed E-state index contributed by atoms with van der Waals surface area (Å²) < 4.78 is 4.84. The molecular formula is C99H76N8. The molecule has 0 aliphatic carbocycles. The van der Waals surface area contributed by atoms with Crippen molar-refractivity contribution < 1.29 is 0 Å². The van der Waals surface area contributed by atoms with Gasteiger partial charge in [0.05, 0.1) is 44.8 Å². The molecule has 0 aliphatic heterocycles. The van der Waals surface area contributed by atoms with Crippen LogP contribution in [0, 0.1) is 48.5 Å². The van der Waals surface area contributed by atoms with Gasteiger partial charge in [-0.2, -0.15) is 0 Å². The Bertz CT molecular complexity index is 6330. The van der Waals surface area contributed by atoms with Crippen LogP contribution in [0.3, 0.4) is 0 Å². The molecule has 8 heteroatoms. The Labute approximate surface area is 624 Å². The number of hydrogen-bond donors (Lipinski definition) is 0. The Morgan fingerprint density at radius 1 is 0.234 bits per heavy atom. The van der Waals surface area contributed by atoms with Crippen molar-refractivity contribution in [1.29, 1.82) is 0 Å². The second-order valence-corrected chi connectivity index (χ2v) is 28.2. The quantitative estimate of drug-likeness (QED) is 0.102. The minimum absolute atomic E-state index is 0.666. The van der Waals surface area contributed by atoms with Crippen molar-refractivity contribution in [3.63, 3.8) is 0 Å². The fourth-order valence-electron chi connectivity index (χ4n) is 15.9. The zero-order chi connectivity index (χ0) is 72.4. The number of hydrogen-bond acceptors (Lipinski definition) is 6. The standard InChI is InChI=1S/C99H76N8/c1-63-39-42-71(43-40-63)88-62-91(97-68(6)56-80(57-69(97)7)106-93-37-23-21-35-83(93)86-59-78(50-53-95(86)106)104(74-27-11-8-12-28-74)75-29-13-9-14-30-75)103-98(100-88)73-44-41-66(4)85(58-73)70-45-48-77(49-46-70)105(76-31-15-10-16-32-76)79-51-54-96-87(60-79)84-36-22-24-38-94(84)107(96)92-52-47-72(55-67(92)5)89-61-90(81-33-19-17-25-64(81)2)102-99(101-89)82-34-20-18-26-65(82)3/h8-62H,1-7H3. The largest absolute Gasteiger partial charge is 0.310 e. The summed E-state index contributed by atoms with van der Waals surface area (Å²) in [6, 6.07) is 120. The molecule has 14 aromatic carbocycles. The minimum atomic E-state index is 0.666. The van der Waals surface area contributed by atoms with Gasteiger partial charge in [-0.05, 0) is 233 Å². The van der Waals surface area contributed by atoms with Crippen molar-refractivity contribution in [2.24, 2.45) is 0 Å². The first kappa shape index (κ1) is 65.5. The summed E-state index contributed by atoms with van der Waals surface area (Å²) in [6.07, 6.45) is 0. The molecule has 0 unspecified atom stereocenters. The summed E-state index contributed by atoms with van der Waals surface area (Å²) in [4.78, 5) is 26.1. The number of aryl methyl sites for hydroxylation is 7. The highest BCUT2D eigenvalue weighted by atomic mass is 15.2. The van der Waals surface area contributed by atoms with Crippen molar-refractivity contribution in [2.75, 3.05) is 9.80 Å². The van der Waals surface area contributed by atoms with E-state index in [0.29, 0.717) is 11.6 Å². The van der Waals surface area contributed by atoms with E-state index in [1.54, 1.807) is 0 Å². The molecule has 18 aromatic rings. The van der Waals surface area contributed by atoms with Gasteiger partial charge < -0.3 is 18.9 Å². The van der Waals surface area contributed by atoms with E-state index in [4.69, 9.17) is 19.9 Å². The summed E-state index contributed by atoms with van der Waals surface area (Å²) in [6.45, 7) is 15.2. The van der Waals surface area contributed by atoms with Crippen molar-refractivity contribution >= 4 is 77.7 Å². The SMILES string of the molecule is Cc1ccc(-c2cc(-c3c(C)cc(-n4c5ccccc5c5cc(N(c6ccccc6)c6ccccc6)ccc54)cc3C)nc(-c3ccc(C)c(-c4ccc(N(c5ccccc5)c5ccc6c(c5)c5ccccc5n6-c5ccc(-c6cc(-c7ccccc7C)nc(-c7ccccc7C)n6)cc5C)cc4)c3)n2)cc1. The van der Waals surface area contributed by atoms with Crippen LogP contribution >= 0.6 is 0 Å². The Hall–Kier alpha value is -13.6. The Morgan fingerprint density at radius 2 is 0.664 bits per heavy atom. The Morgan fingerprint density at radius 3 is 1.25 bits per heavy atom. The van der Waals surface area contributed by atoms with Crippen molar-refractivity contribution in [3.05, 3.63) is 373 Å². The number of rotatable bonds is 15. The highest BCUT2D eigenvalue weighted by molar-refractivity contribution is 6.12. The molecular weight excluding hydrogens is 1300 g/mol. The van der Waals surface area contributed by atoms with Crippen LogP contribution in [-0.4, -0.2) is 29.1 Å². The maximum Gasteiger partial charge on any atom is 0.160 e. The smallest absolute Gasteiger partial charge is 0.160 e. The summed E-state index contributed by atoms with van der Waals surface area (Å²) in [5.41, 5.74) is 33.2. The van der Waals surface area contributed by atoms with Gasteiger partial charge in [0, 0.05) is 100 Å².